The first-order valence-electron chi connectivity index (χ1n) is 8.71. The van der Waals surface area contributed by atoms with Gasteiger partial charge < -0.3 is 15.4 Å². The largest absolute Gasteiger partial charge is 0.508 e. The molecule has 28 heavy (non-hydrogen) atoms. The Morgan fingerprint density at radius 1 is 0.964 bits per heavy atom. The van der Waals surface area contributed by atoms with E-state index in [0.29, 0.717) is 22.8 Å². The van der Waals surface area contributed by atoms with Crippen molar-refractivity contribution in [2.24, 2.45) is 0 Å². The molecule has 2 aromatic heterocycles. The lowest BCUT2D eigenvalue weighted by molar-refractivity contribution is 0.102. The molecule has 2 heterocycles. The Morgan fingerprint density at radius 2 is 1.79 bits per heavy atom. The molecular formula is C21H15N5O2. The summed E-state index contributed by atoms with van der Waals surface area (Å²) in [6.07, 6.45) is 0. The number of nitrogens with one attached hydrogen (secondary N) is 3. The third-order valence-electron chi connectivity index (χ3n) is 4.56. The fourth-order valence-electron chi connectivity index (χ4n) is 3.15. The summed E-state index contributed by atoms with van der Waals surface area (Å²) in [5.74, 6) is 0.543. The van der Waals surface area contributed by atoms with Gasteiger partial charge in [0.1, 0.15) is 11.4 Å². The van der Waals surface area contributed by atoms with E-state index in [9.17, 15) is 9.90 Å². The van der Waals surface area contributed by atoms with Gasteiger partial charge in [0, 0.05) is 16.6 Å². The van der Waals surface area contributed by atoms with Gasteiger partial charge in [-0.05, 0) is 54.6 Å². The Morgan fingerprint density at radius 3 is 2.61 bits per heavy atom. The van der Waals surface area contributed by atoms with Gasteiger partial charge in [-0.25, -0.2) is 4.98 Å². The van der Waals surface area contributed by atoms with Crippen LogP contribution < -0.4 is 5.32 Å². The summed E-state index contributed by atoms with van der Waals surface area (Å²) in [4.78, 5) is 20.5. The number of phenolic OH excluding ortho intramolecular Hbond substituents is 1. The fourth-order valence-corrected chi connectivity index (χ4v) is 3.15. The van der Waals surface area contributed by atoms with Gasteiger partial charge in [-0.2, -0.15) is 5.10 Å². The van der Waals surface area contributed by atoms with Crippen LogP contribution in [-0.4, -0.2) is 31.2 Å². The van der Waals surface area contributed by atoms with Crippen LogP contribution in [0.25, 0.3) is 33.5 Å². The van der Waals surface area contributed by atoms with Crippen LogP contribution in [0.4, 0.5) is 5.69 Å². The number of H-pyrrole nitrogens is 2. The molecular weight excluding hydrogens is 354 g/mol. The number of carbonyl (C=O) groups excluding carboxylic acids is 1. The van der Waals surface area contributed by atoms with Gasteiger partial charge in [0.25, 0.3) is 5.91 Å². The number of aromatic amines is 2. The topological polar surface area (TPSA) is 107 Å². The van der Waals surface area contributed by atoms with Crippen LogP contribution in [0.1, 0.15) is 10.4 Å². The molecule has 0 spiro atoms. The van der Waals surface area contributed by atoms with Crippen molar-refractivity contribution in [3.05, 3.63) is 72.3 Å². The molecule has 0 fully saturated rings. The van der Waals surface area contributed by atoms with Crippen molar-refractivity contribution in [3.63, 3.8) is 0 Å². The summed E-state index contributed by atoms with van der Waals surface area (Å²) in [5, 5.41) is 20.3. The van der Waals surface area contributed by atoms with Gasteiger partial charge >= 0.3 is 0 Å². The molecule has 7 heteroatoms. The number of imidazole rings is 1. The maximum absolute atomic E-state index is 12.6. The van der Waals surface area contributed by atoms with Gasteiger partial charge in [-0.1, -0.05) is 12.1 Å². The molecule has 0 aliphatic rings. The second-order valence-corrected chi connectivity index (χ2v) is 6.44. The highest BCUT2D eigenvalue weighted by molar-refractivity contribution is 6.07. The molecule has 0 aliphatic carbocycles. The lowest BCUT2D eigenvalue weighted by atomic mass is 10.1. The molecule has 0 atom stereocenters. The third kappa shape index (κ3) is 2.75. The third-order valence-corrected chi connectivity index (χ3v) is 4.56. The van der Waals surface area contributed by atoms with E-state index in [1.165, 1.54) is 12.1 Å². The van der Waals surface area contributed by atoms with Crippen molar-refractivity contribution >= 4 is 33.5 Å². The SMILES string of the molecule is O=C(Nc1ccc(O)cc1)c1ccc2[nH]nc(-c3nc4ccccc4[nH]3)c2c1. The molecule has 1 amide bonds. The number of phenols is 1. The Labute approximate surface area is 159 Å². The van der Waals surface area contributed by atoms with E-state index in [-0.39, 0.29) is 11.7 Å². The molecule has 0 bridgehead atoms. The van der Waals surface area contributed by atoms with E-state index in [1.807, 2.05) is 30.3 Å². The summed E-state index contributed by atoms with van der Waals surface area (Å²) in [7, 11) is 0. The molecule has 0 saturated carbocycles. The van der Waals surface area contributed by atoms with Crippen LogP contribution in [0.15, 0.2) is 66.7 Å². The maximum Gasteiger partial charge on any atom is 0.255 e. The Bertz CT molecular complexity index is 1280. The molecule has 136 valence electrons. The molecule has 7 nitrogen and oxygen atoms in total. The average Bonchev–Trinajstić information content (AvgIpc) is 3.32. The van der Waals surface area contributed by atoms with Crippen molar-refractivity contribution in [1.29, 1.82) is 0 Å². The van der Waals surface area contributed by atoms with E-state index >= 15 is 0 Å². The van der Waals surface area contributed by atoms with E-state index < -0.39 is 0 Å². The molecule has 3 aromatic carbocycles. The second-order valence-electron chi connectivity index (χ2n) is 6.44. The minimum absolute atomic E-state index is 0.147. The molecule has 0 unspecified atom stereocenters. The van der Waals surface area contributed by atoms with Crippen molar-refractivity contribution < 1.29 is 9.90 Å². The normalized spacial score (nSPS) is 11.1. The molecule has 5 rings (SSSR count). The molecule has 0 radical (unpaired) electrons. The molecule has 4 N–H and O–H groups in total. The van der Waals surface area contributed by atoms with Gasteiger partial charge in [-0.15, -0.1) is 0 Å². The summed E-state index contributed by atoms with van der Waals surface area (Å²) < 4.78 is 0. The number of fused-ring (bicyclic) bond motifs is 2. The van der Waals surface area contributed by atoms with Crippen molar-refractivity contribution in [2.75, 3.05) is 5.32 Å². The summed E-state index contributed by atoms with van der Waals surface area (Å²) in [6, 6.07) is 19.4. The van der Waals surface area contributed by atoms with Gasteiger partial charge in [0.05, 0.1) is 16.6 Å². The first kappa shape index (κ1) is 16.1. The number of aromatic hydroxyl groups is 1. The first-order valence-corrected chi connectivity index (χ1v) is 8.71. The maximum atomic E-state index is 12.6. The number of rotatable bonds is 3. The number of amides is 1. The number of para-hydroxylation sites is 2. The Hall–Kier alpha value is -4.13. The number of hydrogen-bond donors (Lipinski definition) is 4. The van der Waals surface area contributed by atoms with Crippen molar-refractivity contribution in [2.45, 2.75) is 0 Å². The minimum Gasteiger partial charge on any atom is -0.508 e. The van der Waals surface area contributed by atoms with Crippen molar-refractivity contribution in [1.82, 2.24) is 20.2 Å². The fraction of sp³-hybridized carbons (Fsp3) is 0. The molecule has 5 aromatic rings. The second kappa shape index (κ2) is 6.24. The van der Waals surface area contributed by atoms with Crippen LogP contribution in [0.3, 0.4) is 0 Å². The van der Waals surface area contributed by atoms with Crippen molar-refractivity contribution in [3.8, 4) is 17.3 Å². The number of nitrogens with zero attached hydrogens (tertiary/aromatic N) is 2. The minimum atomic E-state index is -0.246. The van der Waals surface area contributed by atoms with Gasteiger partial charge in [0.2, 0.25) is 0 Å². The quantitative estimate of drug-likeness (QED) is 0.360. The Kier molecular flexibility index (Phi) is 3.58. The number of benzene rings is 3. The zero-order valence-corrected chi connectivity index (χ0v) is 14.6. The van der Waals surface area contributed by atoms with Gasteiger partial charge in [-0.3, -0.25) is 9.89 Å². The molecule has 0 aliphatic heterocycles. The van der Waals surface area contributed by atoms with E-state index in [2.05, 4.69) is 25.5 Å². The van der Waals surface area contributed by atoms with E-state index in [0.717, 1.165) is 21.9 Å². The van der Waals surface area contributed by atoms with Crippen LogP contribution in [0, 0.1) is 0 Å². The van der Waals surface area contributed by atoms with Crippen LogP contribution in [-0.2, 0) is 0 Å². The van der Waals surface area contributed by atoms with E-state index in [4.69, 9.17) is 0 Å². The smallest absolute Gasteiger partial charge is 0.255 e. The predicted octanol–water partition coefficient (Wildman–Crippen LogP) is 4.06. The zero-order chi connectivity index (χ0) is 19.1. The first-order chi connectivity index (χ1) is 13.7. The highest BCUT2D eigenvalue weighted by atomic mass is 16.3. The standard InChI is InChI=1S/C21H15N5O2/c27-14-8-6-13(7-9-14)22-21(28)12-5-10-16-15(11-12)19(26-25-16)20-23-17-3-1-2-4-18(17)24-20/h1-11,27H,(H,22,28)(H,23,24)(H,25,26). The molecule has 0 saturated heterocycles. The summed E-state index contributed by atoms with van der Waals surface area (Å²) >= 11 is 0. The lowest BCUT2D eigenvalue weighted by Gasteiger charge is -2.05. The van der Waals surface area contributed by atoms with E-state index in [1.54, 1.807) is 24.3 Å². The monoisotopic (exact) mass is 369 g/mol. The lowest BCUT2D eigenvalue weighted by Crippen LogP contribution is -2.11. The number of hydrogen-bond acceptors (Lipinski definition) is 4. The number of carbonyl (C=O) groups is 1. The van der Waals surface area contributed by atoms with Crippen LogP contribution in [0.5, 0.6) is 5.75 Å². The zero-order valence-electron chi connectivity index (χ0n) is 14.6. The number of anilines is 1. The average molecular weight is 369 g/mol. The van der Waals surface area contributed by atoms with Crippen LogP contribution in [0.2, 0.25) is 0 Å². The summed E-state index contributed by atoms with van der Waals surface area (Å²) in [6.45, 7) is 0. The summed E-state index contributed by atoms with van der Waals surface area (Å²) in [5.41, 5.74) is 4.36. The predicted molar refractivity (Wildman–Crippen MR) is 107 cm³/mol. The number of aromatic nitrogens is 4. The van der Waals surface area contributed by atoms with Gasteiger partial charge in [0.15, 0.2) is 5.82 Å². The highest BCUT2D eigenvalue weighted by Crippen LogP contribution is 2.27. The van der Waals surface area contributed by atoms with Crippen LogP contribution >= 0.6 is 0 Å². The Balaban J connectivity index is 1.52. The highest BCUT2D eigenvalue weighted by Gasteiger charge is 2.15.